The summed E-state index contributed by atoms with van der Waals surface area (Å²) in [7, 11) is -3.09. The Balaban J connectivity index is 1.19. The van der Waals surface area contributed by atoms with Gasteiger partial charge in [-0.1, -0.05) is 231 Å². The van der Waals surface area contributed by atoms with Gasteiger partial charge in [-0.05, 0) is 55.1 Å². The monoisotopic (exact) mass is 808 g/mol. The Labute approximate surface area is 362 Å². The normalized spacial score (nSPS) is 11.5. The summed E-state index contributed by atoms with van der Waals surface area (Å²) in [6.45, 7) is 0. The highest BCUT2D eigenvalue weighted by Crippen LogP contribution is 2.32. The zero-order valence-electron chi connectivity index (χ0n) is 33.9. The van der Waals surface area contributed by atoms with E-state index in [0.717, 1.165) is 32.9 Å². The molecule has 0 amide bonds. The fourth-order valence-corrected chi connectivity index (χ4v) is 14.0. The molecule has 0 bridgehead atoms. The van der Waals surface area contributed by atoms with Crippen molar-refractivity contribution in [3.05, 3.63) is 243 Å². The van der Waals surface area contributed by atoms with Crippen LogP contribution in [-0.2, 0) is 0 Å². The van der Waals surface area contributed by atoms with Gasteiger partial charge in [0.15, 0.2) is 19.7 Å². The summed E-state index contributed by atoms with van der Waals surface area (Å²) in [6, 6.07) is 87.1. The third kappa shape index (κ3) is 6.52. The third-order valence-electron chi connectivity index (χ3n) is 12.0. The molecule has 0 saturated carbocycles. The zero-order chi connectivity index (χ0) is 41.3. The van der Waals surface area contributed by atoms with Gasteiger partial charge in [0, 0.05) is 21.9 Å². The Morgan fingerprint density at radius 3 is 1.13 bits per heavy atom. The van der Waals surface area contributed by atoms with Crippen molar-refractivity contribution in [3.8, 4) is 51.0 Å². The summed E-state index contributed by atoms with van der Waals surface area (Å²) in [5.74, 6) is 1.81. The molecule has 0 saturated heterocycles. The van der Waals surface area contributed by atoms with Gasteiger partial charge in [0.25, 0.3) is 0 Å². The average molecular weight is 809 g/mol. The molecule has 9 aromatic carbocycles. The summed E-state index contributed by atoms with van der Waals surface area (Å²) in [4.78, 5) is 15.9. The van der Waals surface area contributed by atoms with Crippen molar-refractivity contribution in [1.82, 2.24) is 19.5 Å². The summed E-state index contributed by atoms with van der Waals surface area (Å²) in [5.41, 5.74) is 8.70. The number of rotatable bonds is 9. The van der Waals surface area contributed by atoms with Crippen LogP contribution in [-0.4, -0.2) is 27.6 Å². The highest BCUT2D eigenvalue weighted by Gasteiger charge is 2.42. The van der Waals surface area contributed by atoms with Crippen LogP contribution in [0.1, 0.15) is 0 Å². The molecule has 0 atom stereocenters. The van der Waals surface area contributed by atoms with E-state index in [1.54, 1.807) is 0 Å². The Morgan fingerprint density at radius 1 is 0.274 bits per heavy atom. The second kappa shape index (κ2) is 15.9. The number of nitrogens with zero attached hydrogens (tertiary/aromatic N) is 4. The maximum Gasteiger partial charge on any atom is 0.238 e. The van der Waals surface area contributed by atoms with Crippen molar-refractivity contribution in [2.45, 2.75) is 0 Å². The summed E-state index contributed by atoms with van der Waals surface area (Å²) >= 11 is 0. The van der Waals surface area contributed by atoms with E-state index in [-0.39, 0.29) is 0 Å². The van der Waals surface area contributed by atoms with Crippen molar-refractivity contribution in [2.75, 3.05) is 0 Å². The first-order valence-electron chi connectivity index (χ1n) is 21.0. The first kappa shape index (κ1) is 37.0. The van der Waals surface area contributed by atoms with Crippen LogP contribution in [0.4, 0.5) is 0 Å². The number of para-hydroxylation sites is 2. The predicted octanol–water partition coefficient (Wildman–Crippen LogP) is 11.0. The molecule has 0 fully saturated rings. The predicted molar refractivity (Wildman–Crippen MR) is 260 cm³/mol. The molecule has 62 heavy (non-hydrogen) atoms. The van der Waals surface area contributed by atoms with E-state index in [1.165, 1.54) is 43.0 Å². The average Bonchev–Trinajstić information content (AvgIpc) is 3.70. The van der Waals surface area contributed by atoms with Crippen molar-refractivity contribution in [2.24, 2.45) is 0 Å². The summed E-state index contributed by atoms with van der Waals surface area (Å²) in [5, 5.41) is 7.42. The van der Waals surface area contributed by atoms with Crippen molar-refractivity contribution in [1.29, 1.82) is 0 Å². The lowest BCUT2D eigenvalue weighted by Gasteiger charge is -2.35. The van der Waals surface area contributed by atoms with Gasteiger partial charge in [-0.2, -0.15) is 9.97 Å². The Bertz CT molecular complexity index is 3210. The quantitative estimate of drug-likeness (QED) is 0.108. The van der Waals surface area contributed by atoms with Crippen LogP contribution in [0, 0.1) is 0 Å². The van der Waals surface area contributed by atoms with Gasteiger partial charge in [0.1, 0.15) is 0 Å². The van der Waals surface area contributed by atoms with E-state index in [9.17, 15) is 0 Å². The minimum atomic E-state index is -3.09. The molecular formula is C57H40N4Si. The Kier molecular flexibility index (Phi) is 9.49. The van der Waals surface area contributed by atoms with E-state index in [0.29, 0.717) is 17.6 Å². The summed E-state index contributed by atoms with van der Waals surface area (Å²) < 4.78 is 2.18. The van der Waals surface area contributed by atoms with Gasteiger partial charge in [-0.3, -0.25) is 4.57 Å². The van der Waals surface area contributed by atoms with E-state index in [1.807, 2.05) is 18.2 Å². The summed E-state index contributed by atoms with van der Waals surface area (Å²) in [6.07, 6.45) is 0. The highest BCUT2D eigenvalue weighted by molar-refractivity contribution is 7.20. The van der Waals surface area contributed by atoms with Gasteiger partial charge in [-0.25, -0.2) is 4.98 Å². The second-order valence-electron chi connectivity index (χ2n) is 15.6. The van der Waals surface area contributed by atoms with E-state index >= 15 is 0 Å². The Morgan fingerprint density at radius 2 is 0.629 bits per heavy atom. The number of benzene rings is 9. The second-order valence-corrected chi connectivity index (χ2v) is 19.4. The minimum Gasteiger partial charge on any atom is -0.278 e. The highest BCUT2D eigenvalue weighted by atomic mass is 28.3. The van der Waals surface area contributed by atoms with Gasteiger partial charge in [-0.15, -0.1) is 0 Å². The molecule has 5 heteroatoms. The van der Waals surface area contributed by atoms with Crippen LogP contribution in [0.3, 0.4) is 0 Å². The molecule has 0 spiro atoms. The Hall–Kier alpha value is -7.99. The third-order valence-corrected chi connectivity index (χ3v) is 16.7. The molecule has 2 aromatic heterocycles. The van der Waals surface area contributed by atoms with Crippen LogP contribution in [0.25, 0.3) is 72.8 Å². The molecule has 2 heterocycles. The fraction of sp³-hybridized carbons (Fsp3) is 0. The van der Waals surface area contributed by atoms with Crippen LogP contribution in [0.15, 0.2) is 243 Å². The van der Waals surface area contributed by atoms with Gasteiger partial charge in [0.2, 0.25) is 5.95 Å². The number of hydrogen-bond acceptors (Lipinski definition) is 3. The van der Waals surface area contributed by atoms with Crippen molar-refractivity contribution < 1.29 is 0 Å². The SMILES string of the molecule is c1ccc(-c2cccc([Si](c3ccccc3)(c3cccc(-c4ccccc4)c3)c3cccc(-c4nc(-c5ccccc5)nc(-n5c6ccccc6c6ccccc65)n4)c3)c2)cc1. The van der Waals surface area contributed by atoms with Gasteiger partial charge < -0.3 is 0 Å². The van der Waals surface area contributed by atoms with Crippen LogP contribution >= 0.6 is 0 Å². The van der Waals surface area contributed by atoms with Crippen LogP contribution < -0.4 is 20.7 Å². The number of fused-ring (bicyclic) bond motifs is 3. The molecule has 0 aliphatic heterocycles. The molecule has 0 aliphatic carbocycles. The molecule has 11 aromatic rings. The lowest BCUT2D eigenvalue weighted by molar-refractivity contribution is 0.953. The smallest absolute Gasteiger partial charge is 0.238 e. The minimum absolute atomic E-state index is 0.578. The van der Waals surface area contributed by atoms with Crippen LogP contribution in [0.5, 0.6) is 0 Å². The lowest BCUT2D eigenvalue weighted by atomic mass is 10.1. The van der Waals surface area contributed by atoms with Crippen molar-refractivity contribution >= 4 is 50.6 Å². The molecular weight excluding hydrogens is 769 g/mol. The molecule has 292 valence electrons. The molecule has 0 unspecified atom stereocenters. The number of hydrogen-bond donors (Lipinski definition) is 0. The molecule has 11 rings (SSSR count). The van der Waals surface area contributed by atoms with E-state index in [4.69, 9.17) is 15.0 Å². The largest absolute Gasteiger partial charge is 0.278 e. The first-order valence-corrected chi connectivity index (χ1v) is 23.0. The molecule has 0 N–H and O–H groups in total. The molecule has 0 aliphatic rings. The van der Waals surface area contributed by atoms with Gasteiger partial charge in [0.05, 0.1) is 11.0 Å². The maximum atomic E-state index is 5.38. The van der Waals surface area contributed by atoms with E-state index < -0.39 is 8.07 Å². The first-order chi connectivity index (χ1) is 30.7. The van der Waals surface area contributed by atoms with Crippen molar-refractivity contribution in [3.63, 3.8) is 0 Å². The topological polar surface area (TPSA) is 43.6 Å². The maximum absolute atomic E-state index is 5.38. The molecule has 4 nitrogen and oxygen atoms in total. The lowest BCUT2D eigenvalue weighted by Crippen LogP contribution is -2.74. The zero-order valence-corrected chi connectivity index (χ0v) is 34.9. The molecule has 0 radical (unpaired) electrons. The van der Waals surface area contributed by atoms with E-state index in [2.05, 4.69) is 229 Å². The fourth-order valence-electron chi connectivity index (χ4n) is 9.15. The number of aromatic nitrogens is 4. The standard InChI is InChI=1S/C57H40N4Si/c1-5-20-41(21-6-1)44-26-17-31-48(38-44)62(47-29-11-4-12-30-47,49-32-18-27-45(39-49)42-22-7-2-8-23-42)50-33-19-28-46(40-50)56-58-55(43-24-9-3-10-25-43)59-57(60-56)61-53-36-15-13-34-51(53)52-35-14-16-37-54(52)61/h1-40H. The van der Waals surface area contributed by atoms with Gasteiger partial charge >= 0.3 is 0 Å². The van der Waals surface area contributed by atoms with Crippen LogP contribution in [0.2, 0.25) is 0 Å².